The highest BCUT2D eigenvalue weighted by molar-refractivity contribution is 7.97. The van der Waals surface area contributed by atoms with Crippen LogP contribution in [0.1, 0.15) is 24.0 Å². The monoisotopic (exact) mass is 356 g/mol. The molecule has 3 rings (SSSR count). The molecule has 2 aromatic carbocycles. The molecule has 0 saturated carbocycles. The fourth-order valence-corrected chi connectivity index (χ4v) is 3.84. The van der Waals surface area contributed by atoms with E-state index in [2.05, 4.69) is 35.6 Å². The second-order valence-electron chi connectivity index (χ2n) is 6.23. The van der Waals surface area contributed by atoms with Crippen LogP contribution in [0.4, 0.5) is 5.69 Å². The molecule has 5 heteroatoms. The third-order valence-corrected chi connectivity index (χ3v) is 5.31. The molecule has 0 aromatic heterocycles. The lowest BCUT2D eigenvalue weighted by atomic mass is 10.1. The highest BCUT2D eigenvalue weighted by atomic mass is 32.2. The minimum atomic E-state index is -0.385. The van der Waals surface area contributed by atoms with Crippen LogP contribution >= 0.6 is 11.8 Å². The summed E-state index contributed by atoms with van der Waals surface area (Å²) in [5.74, 6) is 1.81. The molecule has 2 atom stereocenters. The zero-order chi connectivity index (χ0) is 17.5. The largest absolute Gasteiger partial charge is 0.364 e. The van der Waals surface area contributed by atoms with Crippen molar-refractivity contribution in [1.29, 1.82) is 0 Å². The van der Waals surface area contributed by atoms with E-state index in [1.807, 2.05) is 36.0 Å². The van der Waals surface area contributed by atoms with Crippen LogP contribution in [-0.4, -0.2) is 24.7 Å². The number of hydrogen-bond acceptors (Lipinski definition) is 4. The molecule has 1 aliphatic rings. The van der Waals surface area contributed by atoms with E-state index in [1.54, 1.807) is 0 Å². The Morgan fingerprint density at radius 1 is 1.08 bits per heavy atom. The second-order valence-corrected chi connectivity index (χ2v) is 7.21. The van der Waals surface area contributed by atoms with Crippen LogP contribution in [0.25, 0.3) is 0 Å². The van der Waals surface area contributed by atoms with Crippen LogP contribution in [0.2, 0.25) is 0 Å². The fourth-order valence-electron chi connectivity index (χ4n) is 2.89. The minimum absolute atomic E-state index is 0.0106. The maximum Gasteiger partial charge on any atom is 0.253 e. The Bertz CT molecular complexity index is 693. The average molecular weight is 356 g/mol. The summed E-state index contributed by atoms with van der Waals surface area (Å²) in [4.78, 5) is 12.3. The molecule has 4 nitrogen and oxygen atoms in total. The molecule has 3 N–H and O–H groups in total. The Morgan fingerprint density at radius 2 is 1.84 bits per heavy atom. The first-order valence-electron chi connectivity index (χ1n) is 8.61. The third kappa shape index (κ3) is 5.33. The van der Waals surface area contributed by atoms with Gasteiger partial charge in [0.05, 0.1) is 6.10 Å². The van der Waals surface area contributed by atoms with Crippen molar-refractivity contribution in [3.8, 4) is 0 Å². The number of ether oxygens (including phenoxy) is 1. The predicted octanol–water partition coefficient (Wildman–Crippen LogP) is 3.56. The molecular weight excluding hydrogens is 332 g/mol. The molecule has 1 heterocycles. The zero-order valence-electron chi connectivity index (χ0n) is 14.2. The normalized spacial score (nSPS) is 19.7. The summed E-state index contributed by atoms with van der Waals surface area (Å²) in [7, 11) is 0. The van der Waals surface area contributed by atoms with Crippen molar-refractivity contribution in [3.05, 3.63) is 65.7 Å². The molecule has 1 saturated heterocycles. The smallest absolute Gasteiger partial charge is 0.253 e. The van der Waals surface area contributed by atoms with Crippen LogP contribution in [0.3, 0.4) is 0 Å². The van der Waals surface area contributed by atoms with Gasteiger partial charge in [-0.15, -0.1) is 0 Å². The summed E-state index contributed by atoms with van der Waals surface area (Å²) in [6.07, 6.45) is 1.21. The summed E-state index contributed by atoms with van der Waals surface area (Å²) in [6.45, 7) is 0.470. The van der Waals surface area contributed by atoms with Gasteiger partial charge in [0.2, 0.25) is 0 Å². The first kappa shape index (κ1) is 18.0. The van der Waals surface area contributed by atoms with Gasteiger partial charge in [0.1, 0.15) is 6.10 Å². The Kier molecular flexibility index (Phi) is 6.50. The lowest BCUT2D eigenvalue weighted by Crippen LogP contribution is -2.29. The molecule has 0 aliphatic carbocycles. The van der Waals surface area contributed by atoms with Crippen molar-refractivity contribution < 1.29 is 9.53 Å². The van der Waals surface area contributed by atoms with Gasteiger partial charge in [-0.3, -0.25) is 4.79 Å². The van der Waals surface area contributed by atoms with Gasteiger partial charge in [-0.05, 0) is 36.1 Å². The number of thioether (sulfide) groups is 1. The quantitative estimate of drug-likeness (QED) is 0.796. The maximum atomic E-state index is 12.3. The SMILES string of the molecule is NC[C@H]1CC[C@@H](C(=O)Nc2cccc(CSCc3ccccc3)c2)O1. The van der Waals surface area contributed by atoms with Gasteiger partial charge in [0.15, 0.2) is 0 Å². The first-order chi connectivity index (χ1) is 12.2. The number of hydrogen-bond donors (Lipinski definition) is 2. The van der Waals surface area contributed by atoms with Gasteiger partial charge in [0.25, 0.3) is 5.91 Å². The van der Waals surface area contributed by atoms with Crippen molar-refractivity contribution in [3.63, 3.8) is 0 Å². The number of nitrogens with one attached hydrogen (secondary N) is 1. The Hall–Kier alpha value is -1.82. The number of amides is 1. The fraction of sp³-hybridized carbons (Fsp3) is 0.350. The van der Waals surface area contributed by atoms with Gasteiger partial charge < -0.3 is 15.8 Å². The summed E-state index contributed by atoms with van der Waals surface area (Å²) in [5.41, 5.74) is 8.94. The van der Waals surface area contributed by atoms with Gasteiger partial charge >= 0.3 is 0 Å². The van der Waals surface area contributed by atoms with Crippen molar-refractivity contribution in [2.24, 2.45) is 5.73 Å². The summed E-state index contributed by atoms with van der Waals surface area (Å²) in [6, 6.07) is 18.4. The van der Waals surface area contributed by atoms with Crippen LogP contribution in [0.5, 0.6) is 0 Å². The minimum Gasteiger partial charge on any atom is -0.364 e. The maximum absolute atomic E-state index is 12.3. The highest BCUT2D eigenvalue weighted by Crippen LogP contribution is 2.22. The predicted molar refractivity (Wildman–Crippen MR) is 103 cm³/mol. The number of carbonyl (C=O) groups excluding carboxylic acids is 1. The summed E-state index contributed by atoms with van der Waals surface area (Å²) in [5, 5.41) is 2.96. The van der Waals surface area contributed by atoms with Crippen molar-refractivity contribution >= 4 is 23.4 Å². The molecule has 1 fully saturated rings. The van der Waals surface area contributed by atoms with Gasteiger partial charge in [-0.25, -0.2) is 0 Å². The summed E-state index contributed by atoms with van der Waals surface area (Å²) >= 11 is 1.86. The number of carbonyl (C=O) groups is 1. The molecule has 2 aromatic rings. The summed E-state index contributed by atoms with van der Waals surface area (Å²) < 4.78 is 5.65. The van der Waals surface area contributed by atoms with Crippen LogP contribution in [-0.2, 0) is 21.0 Å². The van der Waals surface area contributed by atoms with E-state index >= 15 is 0 Å². The first-order valence-corrected chi connectivity index (χ1v) is 9.77. The second kappa shape index (κ2) is 9.04. The topological polar surface area (TPSA) is 64.4 Å². The molecule has 25 heavy (non-hydrogen) atoms. The van der Waals surface area contributed by atoms with E-state index < -0.39 is 0 Å². The van der Waals surface area contributed by atoms with E-state index in [4.69, 9.17) is 10.5 Å². The lowest BCUT2D eigenvalue weighted by molar-refractivity contribution is -0.126. The molecular formula is C20H24N2O2S. The van der Waals surface area contributed by atoms with Gasteiger partial charge in [-0.1, -0.05) is 42.5 Å². The highest BCUT2D eigenvalue weighted by Gasteiger charge is 2.29. The van der Waals surface area contributed by atoms with Crippen LogP contribution in [0, 0.1) is 0 Å². The van der Waals surface area contributed by atoms with E-state index in [-0.39, 0.29) is 18.1 Å². The third-order valence-electron chi connectivity index (χ3n) is 4.24. The van der Waals surface area contributed by atoms with E-state index in [0.29, 0.717) is 6.54 Å². The Morgan fingerprint density at radius 3 is 2.60 bits per heavy atom. The van der Waals surface area contributed by atoms with Crippen LogP contribution in [0.15, 0.2) is 54.6 Å². The molecule has 0 unspecified atom stereocenters. The van der Waals surface area contributed by atoms with E-state index in [9.17, 15) is 4.79 Å². The number of benzene rings is 2. The van der Waals surface area contributed by atoms with Crippen molar-refractivity contribution in [2.45, 2.75) is 36.6 Å². The van der Waals surface area contributed by atoms with E-state index in [0.717, 1.165) is 30.0 Å². The standard InChI is InChI=1S/C20H24N2O2S/c21-12-18-9-10-19(24-18)20(23)22-17-8-4-7-16(11-17)14-25-13-15-5-2-1-3-6-15/h1-8,11,18-19H,9-10,12-14,21H2,(H,22,23)/t18-,19+/m1/s1. The van der Waals surface area contributed by atoms with Gasteiger partial charge in [-0.2, -0.15) is 11.8 Å². The molecule has 0 radical (unpaired) electrons. The van der Waals surface area contributed by atoms with E-state index in [1.165, 1.54) is 11.1 Å². The van der Waals surface area contributed by atoms with Crippen molar-refractivity contribution in [2.75, 3.05) is 11.9 Å². The Balaban J connectivity index is 1.50. The zero-order valence-corrected chi connectivity index (χ0v) is 15.0. The molecule has 1 aliphatic heterocycles. The molecule has 132 valence electrons. The average Bonchev–Trinajstić information content (AvgIpc) is 3.12. The number of rotatable bonds is 7. The van der Waals surface area contributed by atoms with Crippen molar-refractivity contribution in [1.82, 2.24) is 0 Å². The molecule has 0 spiro atoms. The number of anilines is 1. The number of nitrogens with two attached hydrogens (primary N) is 1. The Labute approximate surface area is 153 Å². The van der Waals surface area contributed by atoms with Crippen LogP contribution < -0.4 is 11.1 Å². The molecule has 1 amide bonds. The molecule has 0 bridgehead atoms. The van der Waals surface area contributed by atoms with Gasteiger partial charge in [0, 0.05) is 23.7 Å². The lowest BCUT2D eigenvalue weighted by Gasteiger charge is -2.13.